The number of nitrogens with one attached hydrogen (secondary N) is 1. The molecule has 0 aliphatic rings. The van der Waals surface area contributed by atoms with Crippen LogP contribution in [0.2, 0.25) is 0 Å². The molecule has 18 heavy (non-hydrogen) atoms. The third kappa shape index (κ3) is 5.41. The van der Waals surface area contributed by atoms with Crippen molar-refractivity contribution >= 4 is 5.69 Å². The molecule has 0 radical (unpaired) electrons. The summed E-state index contributed by atoms with van der Waals surface area (Å²) in [5.74, 6) is 0.902. The minimum absolute atomic E-state index is 0.902. The smallest absolute Gasteiger partial charge is 0.119 e. The zero-order valence-corrected chi connectivity index (χ0v) is 11.9. The number of nitrogens with zero attached hydrogens (tertiary/aromatic N) is 1. The molecule has 0 fully saturated rings. The van der Waals surface area contributed by atoms with Crippen LogP contribution in [0.4, 0.5) is 5.69 Å². The second-order valence-electron chi connectivity index (χ2n) is 4.50. The van der Waals surface area contributed by atoms with Gasteiger partial charge in [-0.25, -0.2) is 0 Å². The molecular weight excluding hydrogens is 224 g/mol. The van der Waals surface area contributed by atoms with E-state index in [9.17, 15) is 0 Å². The summed E-state index contributed by atoms with van der Waals surface area (Å²) in [6.07, 6.45) is 2.45. The molecule has 0 aliphatic heterocycles. The van der Waals surface area contributed by atoms with Gasteiger partial charge in [-0.05, 0) is 50.2 Å². The van der Waals surface area contributed by atoms with E-state index in [1.165, 1.54) is 25.9 Å². The highest BCUT2D eigenvalue weighted by molar-refractivity contribution is 5.46. The van der Waals surface area contributed by atoms with Gasteiger partial charge in [0.1, 0.15) is 5.75 Å². The van der Waals surface area contributed by atoms with Crippen LogP contribution in [0.3, 0.4) is 0 Å². The van der Waals surface area contributed by atoms with Gasteiger partial charge in [0.15, 0.2) is 0 Å². The lowest BCUT2D eigenvalue weighted by atomic mass is 10.3. The summed E-state index contributed by atoms with van der Waals surface area (Å²) in [6.45, 7) is 8.95. The maximum Gasteiger partial charge on any atom is 0.119 e. The van der Waals surface area contributed by atoms with Crippen molar-refractivity contribution in [2.75, 3.05) is 38.6 Å². The van der Waals surface area contributed by atoms with E-state index in [0.29, 0.717) is 0 Å². The molecular formula is C15H26N2O. The molecule has 1 aromatic carbocycles. The summed E-state index contributed by atoms with van der Waals surface area (Å²) in [5, 5.41) is 3.45. The van der Waals surface area contributed by atoms with Gasteiger partial charge in [0.25, 0.3) is 0 Å². The molecule has 0 saturated carbocycles. The molecule has 0 aliphatic carbocycles. The molecule has 3 heteroatoms. The Morgan fingerprint density at radius 3 is 2.11 bits per heavy atom. The van der Waals surface area contributed by atoms with Gasteiger partial charge in [0.2, 0.25) is 0 Å². The summed E-state index contributed by atoms with van der Waals surface area (Å²) in [4.78, 5) is 2.51. The molecule has 0 heterocycles. The van der Waals surface area contributed by atoms with Gasteiger partial charge >= 0.3 is 0 Å². The first kappa shape index (κ1) is 14.8. The van der Waals surface area contributed by atoms with Crippen LogP contribution in [0.25, 0.3) is 0 Å². The Hall–Kier alpha value is -1.22. The van der Waals surface area contributed by atoms with E-state index in [-0.39, 0.29) is 0 Å². The number of ether oxygens (including phenoxy) is 1. The van der Waals surface area contributed by atoms with Gasteiger partial charge < -0.3 is 15.0 Å². The second kappa shape index (κ2) is 8.81. The Balaban J connectivity index is 2.30. The number of anilines is 1. The number of hydrogen-bond donors (Lipinski definition) is 1. The van der Waals surface area contributed by atoms with E-state index in [1.54, 1.807) is 7.11 Å². The molecule has 1 rings (SSSR count). The molecule has 1 aromatic rings. The maximum atomic E-state index is 5.14. The van der Waals surface area contributed by atoms with Crippen LogP contribution >= 0.6 is 0 Å². The van der Waals surface area contributed by atoms with Gasteiger partial charge in [-0.1, -0.05) is 13.8 Å². The quantitative estimate of drug-likeness (QED) is 0.728. The molecule has 0 amide bonds. The second-order valence-corrected chi connectivity index (χ2v) is 4.50. The molecule has 0 atom stereocenters. The molecule has 0 bridgehead atoms. The van der Waals surface area contributed by atoms with E-state index >= 15 is 0 Å². The zero-order valence-electron chi connectivity index (χ0n) is 11.9. The summed E-state index contributed by atoms with van der Waals surface area (Å²) in [6, 6.07) is 8.09. The van der Waals surface area contributed by atoms with Crippen LogP contribution in [0.5, 0.6) is 5.75 Å². The minimum Gasteiger partial charge on any atom is -0.497 e. The first-order valence-electron chi connectivity index (χ1n) is 6.90. The maximum absolute atomic E-state index is 5.14. The summed E-state index contributed by atoms with van der Waals surface area (Å²) < 4.78 is 5.14. The Morgan fingerprint density at radius 2 is 1.61 bits per heavy atom. The number of methoxy groups -OCH3 is 1. The molecule has 102 valence electrons. The van der Waals surface area contributed by atoms with Crippen molar-refractivity contribution in [2.45, 2.75) is 26.7 Å². The third-order valence-corrected chi connectivity index (χ3v) is 2.93. The van der Waals surface area contributed by atoms with Gasteiger partial charge in [0, 0.05) is 18.8 Å². The van der Waals surface area contributed by atoms with Crippen molar-refractivity contribution in [3.8, 4) is 5.75 Å². The van der Waals surface area contributed by atoms with Gasteiger partial charge in [-0.3, -0.25) is 0 Å². The van der Waals surface area contributed by atoms with Crippen molar-refractivity contribution in [2.24, 2.45) is 0 Å². The molecule has 0 unspecified atom stereocenters. The van der Waals surface area contributed by atoms with Crippen molar-refractivity contribution in [3.63, 3.8) is 0 Å². The van der Waals surface area contributed by atoms with Crippen molar-refractivity contribution in [1.29, 1.82) is 0 Å². The van der Waals surface area contributed by atoms with Crippen molar-refractivity contribution < 1.29 is 4.74 Å². The lowest BCUT2D eigenvalue weighted by Gasteiger charge is -2.21. The van der Waals surface area contributed by atoms with E-state index in [1.807, 2.05) is 12.1 Å². The number of benzene rings is 1. The molecule has 0 spiro atoms. The average molecular weight is 250 g/mol. The van der Waals surface area contributed by atoms with E-state index in [0.717, 1.165) is 24.5 Å². The SMILES string of the molecule is CCCN(CCC)CCNc1ccc(OC)cc1. The zero-order chi connectivity index (χ0) is 13.2. The predicted octanol–water partition coefficient (Wildman–Crippen LogP) is 3.23. The number of rotatable bonds is 9. The van der Waals surface area contributed by atoms with E-state index in [2.05, 4.69) is 36.2 Å². The predicted molar refractivity (Wildman–Crippen MR) is 78.5 cm³/mol. The Morgan fingerprint density at radius 1 is 1.00 bits per heavy atom. The van der Waals surface area contributed by atoms with Crippen LogP contribution in [0.1, 0.15) is 26.7 Å². The monoisotopic (exact) mass is 250 g/mol. The molecule has 0 aromatic heterocycles. The first-order valence-corrected chi connectivity index (χ1v) is 6.90. The van der Waals surface area contributed by atoms with Gasteiger partial charge in [0.05, 0.1) is 7.11 Å². The lowest BCUT2D eigenvalue weighted by molar-refractivity contribution is 0.285. The van der Waals surface area contributed by atoms with Crippen molar-refractivity contribution in [3.05, 3.63) is 24.3 Å². The molecule has 0 saturated heterocycles. The molecule has 1 N–H and O–H groups in total. The largest absolute Gasteiger partial charge is 0.497 e. The summed E-state index contributed by atoms with van der Waals surface area (Å²) >= 11 is 0. The van der Waals surface area contributed by atoms with Crippen LogP contribution in [0.15, 0.2) is 24.3 Å². The standard InChI is InChI=1S/C15H26N2O/c1-4-11-17(12-5-2)13-10-16-14-6-8-15(18-3)9-7-14/h6-9,16H,4-5,10-13H2,1-3H3. The fraction of sp³-hybridized carbons (Fsp3) is 0.600. The highest BCUT2D eigenvalue weighted by atomic mass is 16.5. The van der Waals surface area contributed by atoms with E-state index in [4.69, 9.17) is 4.74 Å². The average Bonchev–Trinajstić information content (AvgIpc) is 2.40. The highest BCUT2D eigenvalue weighted by Gasteiger charge is 2.01. The molecule has 3 nitrogen and oxygen atoms in total. The fourth-order valence-corrected chi connectivity index (χ4v) is 2.04. The van der Waals surface area contributed by atoms with Crippen molar-refractivity contribution in [1.82, 2.24) is 4.90 Å². The number of hydrogen-bond acceptors (Lipinski definition) is 3. The summed E-state index contributed by atoms with van der Waals surface area (Å²) in [7, 11) is 1.69. The van der Waals surface area contributed by atoms with E-state index < -0.39 is 0 Å². The fourth-order valence-electron chi connectivity index (χ4n) is 2.04. The Labute approximate surface area is 111 Å². The van der Waals surface area contributed by atoms with Crippen LogP contribution in [-0.4, -0.2) is 38.2 Å². The lowest BCUT2D eigenvalue weighted by Crippen LogP contribution is -2.30. The van der Waals surface area contributed by atoms with Crippen LogP contribution in [-0.2, 0) is 0 Å². The minimum atomic E-state index is 0.902. The highest BCUT2D eigenvalue weighted by Crippen LogP contribution is 2.14. The Kier molecular flexibility index (Phi) is 7.26. The first-order chi connectivity index (χ1) is 8.80. The van der Waals surface area contributed by atoms with Crippen LogP contribution in [0, 0.1) is 0 Å². The van der Waals surface area contributed by atoms with Gasteiger partial charge in [-0.15, -0.1) is 0 Å². The normalized spacial score (nSPS) is 10.7. The Bertz CT molecular complexity index is 305. The topological polar surface area (TPSA) is 24.5 Å². The van der Waals surface area contributed by atoms with Crippen LogP contribution < -0.4 is 10.1 Å². The third-order valence-electron chi connectivity index (χ3n) is 2.93. The summed E-state index contributed by atoms with van der Waals surface area (Å²) in [5.41, 5.74) is 1.16. The van der Waals surface area contributed by atoms with Gasteiger partial charge in [-0.2, -0.15) is 0 Å².